The summed E-state index contributed by atoms with van der Waals surface area (Å²) in [5.41, 5.74) is 10.8. The van der Waals surface area contributed by atoms with Gasteiger partial charge in [0.05, 0.1) is 16.6 Å². The molecule has 0 fully saturated rings. The van der Waals surface area contributed by atoms with Crippen LogP contribution in [0.5, 0.6) is 0 Å². The lowest BCUT2D eigenvalue weighted by Gasteiger charge is -2.12. The molecule has 8 aromatic carbocycles. The summed E-state index contributed by atoms with van der Waals surface area (Å²) < 4.78 is 7.35. The van der Waals surface area contributed by atoms with Gasteiger partial charge in [0, 0.05) is 70.6 Å². The van der Waals surface area contributed by atoms with Crippen LogP contribution >= 0.6 is 11.3 Å². The van der Waals surface area contributed by atoms with Crippen LogP contribution in [0, 0.1) is 0 Å². The molecule has 0 aliphatic rings. The number of rotatable bonds is 6. The fraction of sp³-hybridized carbons (Fsp3) is 0. The van der Waals surface area contributed by atoms with E-state index in [1.165, 1.54) is 52.9 Å². The summed E-state index contributed by atoms with van der Waals surface area (Å²) in [5.74, 6) is 1.93. The summed E-state index contributed by atoms with van der Waals surface area (Å²) >= 11 is 1.87. The van der Waals surface area contributed by atoms with E-state index in [0.29, 0.717) is 17.5 Å². The van der Waals surface area contributed by atoms with E-state index in [9.17, 15) is 0 Å². The molecule has 4 heterocycles. The number of hydrogen-bond donors (Lipinski definition) is 0. The van der Waals surface area contributed by atoms with E-state index in [1.807, 2.05) is 72.0 Å². The van der Waals surface area contributed by atoms with Gasteiger partial charge in [0.2, 0.25) is 0 Å². The minimum atomic E-state index is 0.635. The Bertz CT molecular complexity index is 3490. The van der Waals surface area contributed by atoms with Crippen LogP contribution in [0.1, 0.15) is 0 Å². The van der Waals surface area contributed by atoms with Gasteiger partial charge in [0.25, 0.3) is 0 Å². The molecule has 0 aliphatic carbocycles. The molecular weight excluding hydrogens is 739 g/mol. The van der Waals surface area contributed by atoms with Gasteiger partial charge in [-0.25, -0.2) is 15.0 Å². The van der Waals surface area contributed by atoms with Crippen LogP contribution in [0.2, 0.25) is 0 Å². The average Bonchev–Trinajstić information content (AvgIpc) is 3.99. The Kier molecular flexibility index (Phi) is 7.64. The van der Waals surface area contributed by atoms with Gasteiger partial charge in [-0.15, -0.1) is 11.3 Å². The highest BCUT2D eigenvalue weighted by Crippen LogP contribution is 2.42. The van der Waals surface area contributed by atoms with Gasteiger partial charge in [0.1, 0.15) is 0 Å². The highest BCUT2D eigenvalue weighted by atomic mass is 32.1. The smallest absolute Gasteiger partial charge is 0.164 e. The second kappa shape index (κ2) is 13.5. The molecular formula is C53H33N5S. The highest BCUT2D eigenvalue weighted by Gasteiger charge is 2.19. The average molecular weight is 772 g/mol. The Labute approximate surface area is 343 Å². The van der Waals surface area contributed by atoms with E-state index in [0.717, 1.165) is 39.2 Å². The zero-order valence-corrected chi connectivity index (χ0v) is 32.5. The van der Waals surface area contributed by atoms with Gasteiger partial charge in [-0.05, 0) is 77.9 Å². The summed E-state index contributed by atoms with van der Waals surface area (Å²) in [6, 6.07) is 68.8. The quantitative estimate of drug-likeness (QED) is 0.169. The molecule has 12 rings (SSSR count). The Balaban J connectivity index is 1.04. The van der Waals surface area contributed by atoms with Crippen LogP contribution in [-0.2, 0) is 0 Å². The molecule has 0 saturated heterocycles. The van der Waals surface area contributed by atoms with Crippen LogP contribution in [0.3, 0.4) is 0 Å². The Morgan fingerprint density at radius 1 is 0.339 bits per heavy atom. The third-order valence-corrected chi connectivity index (χ3v) is 12.5. The summed E-state index contributed by atoms with van der Waals surface area (Å²) in [4.78, 5) is 15.0. The van der Waals surface area contributed by atoms with Gasteiger partial charge < -0.3 is 9.13 Å². The first kappa shape index (κ1) is 33.5. The van der Waals surface area contributed by atoms with Crippen LogP contribution in [0.15, 0.2) is 200 Å². The number of fused-ring (bicyclic) bond motifs is 7. The van der Waals surface area contributed by atoms with Gasteiger partial charge in [-0.1, -0.05) is 127 Å². The van der Waals surface area contributed by atoms with Crippen LogP contribution < -0.4 is 0 Å². The van der Waals surface area contributed by atoms with E-state index in [-0.39, 0.29) is 0 Å². The standard InChI is InChI=1S/C53H33N5S/c1-4-14-34(15-5-1)51-54-52(35-16-6-2-7-17-35)56-53(55-51)39-20-12-18-36(28-39)37-19-13-23-41(29-37)58-47-31-45-42-24-10-11-25-49(42)59-50(45)32-44(47)43-30-38-26-27-57(46(38)33-48(43)58)40-21-8-3-9-22-40/h1-33H. The summed E-state index contributed by atoms with van der Waals surface area (Å²) in [6.07, 6.45) is 2.18. The van der Waals surface area contributed by atoms with Crippen molar-refractivity contribution < 1.29 is 0 Å². The topological polar surface area (TPSA) is 48.5 Å². The molecule has 6 heteroatoms. The number of hydrogen-bond acceptors (Lipinski definition) is 4. The van der Waals surface area contributed by atoms with Gasteiger partial charge in [0.15, 0.2) is 17.5 Å². The molecule has 0 amide bonds. The van der Waals surface area contributed by atoms with Crippen LogP contribution in [0.4, 0.5) is 0 Å². The molecule has 4 aromatic heterocycles. The minimum absolute atomic E-state index is 0.635. The number of para-hydroxylation sites is 1. The van der Waals surface area contributed by atoms with E-state index < -0.39 is 0 Å². The van der Waals surface area contributed by atoms with Gasteiger partial charge >= 0.3 is 0 Å². The first-order valence-electron chi connectivity index (χ1n) is 19.8. The van der Waals surface area contributed by atoms with E-state index in [2.05, 4.69) is 149 Å². The summed E-state index contributed by atoms with van der Waals surface area (Å²) in [5, 5.41) is 6.28. The van der Waals surface area contributed by atoms with Crippen molar-refractivity contribution in [1.29, 1.82) is 0 Å². The van der Waals surface area contributed by atoms with Crippen molar-refractivity contribution in [3.8, 4) is 56.7 Å². The van der Waals surface area contributed by atoms with Crippen molar-refractivity contribution in [2.45, 2.75) is 0 Å². The van der Waals surface area contributed by atoms with Gasteiger partial charge in [-0.2, -0.15) is 0 Å². The van der Waals surface area contributed by atoms with E-state index in [4.69, 9.17) is 15.0 Å². The van der Waals surface area contributed by atoms with Crippen molar-refractivity contribution in [3.63, 3.8) is 0 Å². The maximum absolute atomic E-state index is 5.02. The molecule has 276 valence electrons. The number of benzene rings is 8. The fourth-order valence-electron chi connectivity index (χ4n) is 8.55. The largest absolute Gasteiger partial charge is 0.316 e. The molecule has 59 heavy (non-hydrogen) atoms. The van der Waals surface area contributed by atoms with E-state index in [1.54, 1.807) is 0 Å². The predicted molar refractivity (Wildman–Crippen MR) is 246 cm³/mol. The van der Waals surface area contributed by atoms with Crippen molar-refractivity contribution in [1.82, 2.24) is 24.1 Å². The number of thiophene rings is 1. The molecule has 0 atom stereocenters. The first-order chi connectivity index (χ1) is 29.2. The Morgan fingerprint density at radius 3 is 1.64 bits per heavy atom. The summed E-state index contributed by atoms with van der Waals surface area (Å²) in [6.45, 7) is 0. The highest BCUT2D eigenvalue weighted by molar-refractivity contribution is 7.25. The molecule has 0 bridgehead atoms. The fourth-order valence-corrected chi connectivity index (χ4v) is 9.68. The van der Waals surface area contributed by atoms with Crippen molar-refractivity contribution in [2.24, 2.45) is 0 Å². The lowest BCUT2D eigenvalue weighted by atomic mass is 10.0. The van der Waals surface area contributed by atoms with Crippen LogP contribution in [-0.4, -0.2) is 24.1 Å². The molecule has 0 N–H and O–H groups in total. The second-order valence-electron chi connectivity index (χ2n) is 14.9. The normalized spacial score (nSPS) is 11.7. The number of aromatic nitrogens is 5. The molecule has 5 nitrogen and oxygen atoms in total. The van der Waals surface area contributed by atoms with Crippen molar-refractivity contribution in [2.75, 3.05) is 0 Å². The van der Waals surface area contributed by atoms with E-state index >= 15 is 0 Å². The molecule has 12 aromatic rings. The molecule has 0 saturated carbocycles. The maximum atomic E-state index is 5.02. The third-order valence-electron chi connectivity index (χ3n) is 11.4. The zero-order valence-electron chi connectivity index (χ0n) is 31.7. The SMILES string of the molecule is c1ccc(-c2nc(-c3ccccc3)nc(-c3cccc(-c4cccc(-n5c6cc7c(cc6c6cc8ccn(-c9ccccc9)c8cc65)sc5ccccc57)c4)c3)n2)cc1. The van der Waals surface area contributed by atoms with Crippen molar-refractivity contribution in [3.05, 3.63) is 200 Å². The molecule has 0 aliphatic heterocycles. The van der Waals surface area contributed by atoms with Crippen LogP contribution in [0.25, 0.3) is 110 Å². The zero-order chi connectivity index (χ0) is 38.9. The molecule has 0 spiro atoms. The van der Waals surface area contributed by atoms with Gasteiger partial charge in [-0.3, -0.25) is 0 Å². The predicted octanol–water partition coefficient (Wildman–Crippen LogP) is 13.9. The monoisotopic (exact) mass is 771 g/mol. The lowest BCUT2D eigenvalue weighted by molar-refractivity contribution is 1.07. The minimum Gasteiger partial charge on any atom is -0.316 e. The third kappa shape index (κ3) is 5.64. The molecule has 0 radical (unpaired) electrons. The second-order valence-corrected chi connectivity index (χ2v) is 16.0. The Morgan fingerprint density at radius 2 is 0.898 bits per heavy atom. The first-order valence-corrected chi connectivity index (χ1v) is 20.6. The molecule has 0 unspecified atom stereocenters. The number of nitrogens with zero attached hydrogens (tertiary/aromatic N) is 5. The Hall–Kier alpha value is -7.67. The lowest BCUT2D eigenvalue weighted by Crippen LogP contribution is -2.00. The summed E-state index contributed by atoms with van der Waals surface area (Å²) in [7, 11) is 0. The maximum Gasteiger partial charge on any atom is 0.164 e. The van der Waals surface area contributed by atoms with Crippen molar-refractivity contribution >= 4 is 64.2 Å².